The van der Waals surface area contributed by atoms with Crippen molar-refractivity contribution in [1.29, 1.82) is 0 Å². The van der Waals surface area contributed by atoms with Gasteiger partial charge in [-0.2, -0.15) is 4.98 Å². The second-order valence-corrected chi connectivity index (χ2v) is 6.02. The van der Waals surface area contributed by atoms with Crippen LogP contribution in [-0.2, 0) is 6.42 Å². The second kappa shape index (κ2) is 10.5. The Morgan fingerprint density at radius 2 is 1.60 bits per heavy atom. The number of carboxylic acid groups (broad SMARTS) is 1. The van der Waals surface area contributed by atoms with Crippen LogP contribution in [0.5, 0.6) is 17.2 Å². The molecular weight excluding hydrogens is 388 g/mol. The molecule has 0 saturated heterocycles. The van der Waals surface area contributed by atoms with Crippen molar-refractivity contribution in [2.45, 2.75) is 6.42 Å². The van der Waals surface area contributed by atoms with E-state index < -0.39 is 5.97 Å². The summed E-state index contributed by atoms with van der Waals surface area (Å²) in [4.78, 5) is 18.1. The number of benzene rings is 2. The van der Waals surface area contributed by atoms with Crippen LogP contribution in [0.3, 0.4) is 0 Å². The Bertz CT molecular complexity index is 971. The Morgan fingerprint density at radius 1 is 1.00 bits per heavy atom. The quantitative estimate of drug-likeness (QED) is 0.556. The minimum Gasteiger partial charge on any atom is -0.493 e. The molecule has 0 aliphatic carbocycles. The molecule has 1 heterocycles. The largest absolute Gasteiger partial charge is 0.493 e. The van der Waals surface area contributed by atoms with E-state index >= 15 is 0 Å². The molecule has 0 aliphatic heterocycles. The number of methoxy groups -OCH3 is 3. The van der Waals surface area contributed by atoms with Crippen molar-refractivity contribution in [2.24, 2.45) is 0 Å². The molecule has 9 heteroatoms. The fraction of sp³-hybridized carbons (Fsp3) is 0.190. The van der Waals surface area contributed by atoms with Gasteiger partial charge in [0, 0.05) is 18.2 Å². The molecule has 0 bridgehead atoms. The molecule has 0 aliphatic rings. The topological polar surface area (TPSA) is 143 Å². The van der Waals surface area contributed by atoms with Gasteiger partial charge in [0.1, 0.15) is 5.82 Å². The van der Waals surface area contributed by atoms with E-state index in [0.29, 0.717) is 35.1 Å². The Morgan fingerprint density at radius 3 is 2.03 bits per heavy atom. The average molecular weight is 412 g/mol. The molecule has 5 N–H and O–H groups in total. The maximum atomic E-state index is 10.2. The van der Waals surface area contributed by atoms with Crippen molar-refractivity contribution in [2.75, 3.05) is 32.8 Å². The summed E-state index contributed by atoms with van der Waals surface area (Å²) in [5, 5.41) is 8.38. The summed E-state index contributed by atoms with van der Waals surface area (Å²) in [7, 11) is 4.70. The number of aromatic carboxylic acids is 1. The first kappa shape index (κ1) is 22.3. The predicted molar refractivity (Wildman–Crippen MR) is 113 cm³/mol. The van der Waals surface area contributed by atoms with Crippen molar-refractivity contribution in [1.82, 2.24) is 9.97 Å². The zero-order valence-electron chi connectivity index (χ0n) is 17.0. The van der Waals surface area contributed by atoms with Crippen LogP contribution in [0.2, 0.25) is 0 Å². The number of ether oxygens (including phenoxy) is 3. The van der Waals surface area contributed by atoms with E-state index in [1.54, 1.807) is 57.9 Å². The summed E-state index contributed by atoms with van der Waals surface area (Å²) in [5.41, 5.74) is 13.4. The van der Waals surface area contributed by atoms with Gasteiger partial charge < -0.3 is 30.8 Å². The molecule has 0 spiro atoms. The van der Waals surface area contributed by atoms with Crippen molar-refractivity contribution >= 4 is 17.7 Å². The highest BCUT2D eigenvalue weighted by atomic mass is 16.5. The number of carboxylic acids is 1. The van der Waals surface area contributed by atoms with Gasteiger partial charge in [-0.05, 0) is 29.8 Å². The van der Waals surface area contributed by atoms with E-state index in [1.807, 2.05) is 12.1 Å². The number of anilines is 2. The Balaban J connectivity index is 0.000000297. The van der Waals surface area contributed by atoms with E-state index in [9.17, 15) is 4.79 Å². The zero-order chi connectivity index (χ0) is 22.1. The van der Waals surface area contributed by atoms with E-state index in [-0.39, 0.29) is 5.95 Å². The maximum Gasteiger partial charge on any atom is 0.335 e. The van der Waals surface area contributed by atoms with Gasteiger partial charge in [-0.25, -0.2) is 9.78 Å². The van der Waals surface area contributed by atoms with Crippen molar-refractivity contribution in [3.8, 4) is 17.2 Å². The van der Waals surface area contributed by atoms with E-state index in [0.717, 1.165) is 11.1 Å². The molecule has 158 valence electrons. The van der Waals surface area contributed by atoms with Gasteiger partial charge in [0.2, 0.25) is 11.7 Å². The summed E-state index contributed by atoms with van der Waals surface area (Å²) in [6.07, 6.45) is 2.14. The molecule has 0 radical (unpaired) electrons. The molecule has 2 aromatic carbocycles. The van der Waals surface area contributed by atoms with Crippen LogP contribution in [0.4, 0.5) is 11.8 Å². The van der Waals surface area contributed by atoms with Gasteiger partial charge in [-0.3, -0.25) is 0 Å². The molecule has 3 aromatic rings. The normalized spacial score (nSPS) is 9.83. The molecule has 3 rings (SSSR count). The van der Waals surface area contributed by atoms with Gasteiger partial charge in [0.25, 0.3) is 0 Å². The summed E-state index contributed by atoms with van der Waals surface area (Å²) in [5.74, 6) is 1.35. The number of nitrogen functional groups attached to an aromatic ring is 2. The molecule has 1 aromatic heterocycles. The zero-order valence-corrected chi connectivity index (χ0v) is 17.0. The number of carbonyl (C=O) groups is 1. The number of aromatic nitrogens is 2. The first-order valence-corrected chi connectivity index (χ1v) is 8.83. The van der Waals surface area contributed by atoms with Gasteiger partial charge in [0.05, 0.1) is 26.9 Å². The number of hydrogen-bond acceptors (Lipinski definition) is 8. The second-order valence-electron chi connectivity index (χ2n) is 6.02. The summed E-state index contributed by atoms with van der Waals surface area (Å²) < 4.78 is 15.9. The Hall–Kier alpha value is -4.01. The van der Waals surface area contributed by atoms with Gasteiger partial charge >= 0.3 is 5.97 Å². The first-order valence-electron chi connectivity index (χ1n) is 8.83. The van der Waals surface area contributed by atoms with E-state index in [1.165, 1.54) is 0 Å². The predicted octanol–water partition coefficient (Wildman–Crippen LogP) is 2.64. The lowest BCUT2D eigenvalue weighted by molar-refractivity contribution is 0.0697. The smallest absolute Gasteiger partial charge is 0.335 e. The third-order valence-electron chi connectivity index (χ3n) is 4.06. The summed E-state index contributed by atoms with van der Waals surface area (Å²) in [6.45, 7) is 0. The lowest BCUT2D eigenvalue weighted by Gasteiger charge is -2.14. The minimum absolute atomic E-state index is 0.154. The standard InChI is InChI=1S/C14H18N4O3.C7H6O2/c1-19-10-5-8(6-11(20-2)12(10)21-3)4-9-7-17-14(16)18-13(9)15;8-7(9)6-4-2-1-3-5-6/h5-7H,4H2,1-3H3,(H4,15,16,17,18);1-5H,(H,8,9). The van der Waals surface area contributed by atoms with Crippen molar-refractivity contribution in [3.63, 3.8) is 0 Å². The Kier molecular flexibility index (Phi) is 7.81. The third kappa shape index (κ3) is 5.74. The number of nitrogens with two attached hydrogens (primary N) is 2. The van der Waals surface area contributed by atoms with Crippen LogP contribution >= 0.6 is 0 Å². The van der Waals surface area contributed by atoms with Crippen LogP contribution in [0.1, 0.15) is 21.5 Å². The fourth-order valence-corrected chi connectivity index (χ4v) is 2.61. The van der Waals surface area contributed by atoms with Gasteiger partial charge in [-0.1, -0.05) is 18.2 Å². The highest BCUT2D eigenvalue weighted by Crippen LogP contribution is 2.38. The first-order chi connectivity index (χ1) is 14.4. The molecule has 9 nitrogen and oxygen atoms in total. The molecule has 0 amide bonds. The molecular formula is C21H24N4O5. The van der Waals surface area contributed by atoms with Crippen LogP contribution in [0.15, 0.2) is 48.7 Å². The Labute approximate surface area is 174 Å². The number of rotatable bonds is 6. The van der Waals surface area contributed by atoms with Crippen LogP contribution in [0, 0.1) is 0 Å². The van der Waals surface area contributed by atoms with Crippen LogP contribution < -0.4 is 25.7 Å². The SMILES string of the molecule is COc1cc(Cc2cnc(N)nc2N)cc(OC)c1OC.O=C(O)c1ccccc1. The molecule has 0 atom stereocenters. The maximum absolute atomic E-state index is 10.2. The number of nitrogens with zero attached hydrogens (tertiary/aromatic N) is 2. The van der Waals surface area contributed by atoms with Crippen molar-refractivity contribution in [3.05, 3.63) is 65.4 Å². The monoisotopic (exact) mass is 412 g/mol. The molecule has 0 saturated carbocycles. The fourth-order valence-electron chi connectivity index (χ4n) is 2.61. The highest BCUT2D eigenvalue weighted by Gasteiger charge is 2.14. The van der Waals surface area contributed by atoms with Crippen molar-refractivity contribution < 1.29 is 24.1 Å². The van der Waals surface area contributed by atoms with Gasteiger partial charge in [0.15, 0.2) is 11.5 Å². The average Bonchev–Trinajstić information content (AvgIpc) is 2.76. The van der Waals surface area contributed by atoms with E-state index in [4.69, 9.17) is 30.8 Å². The van der Waals surface area contributed by atoms with E-state index in [2.05, 4.69) is 9.97 Å². The summed E-state index contributed by atoms with van der Waals surface area (Å²) in [6, 6.07) is 12.0. The lowest BCUT2D eigenvalue weighted by Crippen LogP contribution is -2.04. The molecule has 0 unspecified atom stereocenters. The highest BCUT2D eigenvalue weighted by molar-refractivity contribution is 5.87. The van der Waals surface area contributed by atoms with Crippen LogP contribution in [-0.4, -0.2) is 42.4 Å². The summed E-state index contributed by atoms with van der Waals surface area (Å²) >= 11 is 0. The molecule has 30 heavy (non-hydrogen) atoms. The molecule has 0 fully saturated rings. The lowest BCUT2D eigenvalue weighted by atomic mass is 10.1. The van der Waals surface area contributed by atoms with Gasteiger partial charge in [-0.15, -0.1) is 0 Å². The minimum atomic E-state index is -0.879. The third-order valence-corrected chi connectivity index (χ3v) is 4.06. The van der Waals surface area contributed by atoms with Crippen LogP contribution in [0.25, 0.3) is 0 Å². The number of hydrogen-bond donors (Lipinski definition) is 3.